The fourth-order valence-corrected chi connectivity index (χ4v) is 3.03. The zero-order valence-electron chi connectivity index (χ0n) is 10.4. The Bertz CT molecular complexity index is 931. The first-order valence-electron chi connectivity index (χ1n) is 6.41. The zero-order valence-corrected chi connectivity index (χ0v) is 10.4. The lowest BCUT2D eigenvalue weighted by atomic mass is 9.97. The second kappa shape index (κ2) is 3.36. The summed E-state index contributed by atoms with van der Waals surface area (Å²) in [6.07, 6.45) is 9.21. The van der Waals surface area contributed by atoms with E-state index in [0.29, 0.717) is 0 Å². The summed E-state index contributed by atoms with van der Waals surface area (Å²) in [5.74, 6) is 0. The molecule has 0 radical (unpaired) electrons. The molecule has 0 bridgehead atoms. The number of benzene rings is 1. The van der Waals surface area contributed by atoms with E-state index in [2.05, 4.69) is 19.9 Å². The van der Waals surface area contributed by atoms with E-state index in [9.17, 15) is 0 Å². The molecule has 0 N–H and O–H groups in total. The third-order valence-electron chi connectivity index (χ3n) is 3.85. The fourth-order valence-electron chi connectivity index (χ4n) is 3.03. The third kappa shape index (κ3) is 1.07. The Kier molecular flexibility index (Phi) is 1.68. The van der Waals surface area contributed by atoms with Crippen LogP contribution in [-0.2, 0) is 0 Å². The van der Waals surface area contributed by atoms with Gasteiger partial charge in [-0.2, -0.15) is 0 Å². The van der Waals surface area contributed by atoms with Gasteiger partial charge >= 0.3 is 0 Å². The minimum Gasteiger partial charge on any atom is -0.263 e. The Hall–Kier alpha value is -2.88. The quantitative estimate of drug-likeness (QED) is 0.315. The van der Waals surface area contributed by atoms with Crippen molar-refractivity contribution in [1.82, 2.24) is 19.9 Å². The molecular formula is C16H8N4. The van der Waals surface area contributed by atoms with E-state index in [1.165, 1.54) is 0 Å². The monoisotopic (exact) mass is 256 g/mol. The molecule has 4 heterocycles. The average Bonchev–Trinajstić information content (AvgIpc) is 2.52. The summed E-state index contributed by atoms with van der Waals surface area (Å²) in [7, 11) is 0. The van der Waals surface area contributed by atoms with Crippen LogP contribution in [0.25, 0.3) is 43.5 Å². The van der Waals surface area contributed by atoms with Crippen LogP contribution in [0, 0.1) is 0 Å². The lowest BCUT2D eigenvalue weighted by Gasteiger charge is -2.11. The van der Waals surface area contributed by atoms with E-state index in [1.807, 2.05) is 36.8 Å². The van der Waals surface area contributed by atoms with Crippen LogP contribution in [0.2, 0.25) is 0 Å². The van der Waals surface area contributed by atoms with E-state index < -0.39 is 0 Å². The Morgan fingerprint density at radius 2 is 1.45 bits per heavy atom. The number of fused-ring (bicyclic) bond motifs is 2. The van der Waals surface area contributed by atoms with Crippen molar-refractivity contribution in [2.24, 2.45) is 0 Å². The first-order chi connectivity index (χ1) is 9.93. The van der Waals surface area contributed by atoms with Gasteiger partial charge in [-0.3, -0.25) is 9.97 Å². The molecule has 20 heavy (non-hydrogen) atoms. The van der Waals surface area contributed by atoms with Gasteiger partial charge in [0.2, 0.25) is 0 Å². The number of nitrogens with zero attached hydrogens (tertiary/aromatic N) is 4. The Morgan fingerprint density at radius 1 is 0.650 bits per heavy atom. The van der Waals surface area contributed by atoms with Crippen molar-refractivity contribution in [1.29, 1.82) is 0 Å². The maximum atomic E-state index is 4.58. The van der Waals surface area contributed by atoms with Gasteiger partial charge in [0.05, 0.1) is 5.52 Å². The first-order valence-corrected chi connectivity index (χ1v) is 6.41. The molecule has 4 nitrogen and oxygen atoms in total. The van der Waals surface area contributed by atoms with E-state index in [4.69, 9.17) is 0 Å². The van der Waals surface area contributed by atoms with Gasteiger partial charge in [0.1, 0.15) is 0 Å². The first kappa shape index (κ1) is 9.97. The van der Waals surface area contributed by atoms with Gasteiger partial charge in [-0.15, -0.1) is 0 Å². The highest BCUT2D eigenvalue weighted by molar-refractivity contribution is 6.30. The van der Waals surface area contributed by atoms with Gasteiger partial charge in [-0.25, -0.2) is 9.97 Å². The van der Waals surface area contributed by atoms with E-state index in [-0.39, 0.29) is 0 Å². The highest BCUT2D eigenvalue weighted by atomic mass is 14.8. The van der Waals surface area contributed by atoms with Crippen molar-refractivity contribution in [2.45, 2.75) is 0 Å². The van der Waals surface area contributed by atoms with Gasteiger partial charge in [0, 0.05) is 57.9 Å². The molecule has 0 spiro atoms. The van der Waals surface area contributed by atoms with Crippen molar-refractivity contribution in [3.63, 3.8) is 0 Å². The Balaban J connectivity index is 2.32. The zero-order chi connectivity index (χ0) is 13.1. The molecule has 5 aromatic rings. The van der Waals surface area contributed by atoms with Crippen LogP contribution in [-0.4, -0.2) is 19.9 Å². The minimum atomic E-state index is 0.758. The normalized spacial score (nSPS) is 12.0. The fraction of sp³-hybridized carbons (Fsp3) is 0. The van der Waals surface area contributed by atoms with Crippen LogP contribution in [0.1, 0.15) is 0 Å². The lowest BCUT2D eigenvalue weighted by Crippen LogP contribution is -1.92. The third-order valence-corrected chi connectivity index (χ3v) is 3.85. The lowest BCUT2D eigenvalue weighted by molar-refractivity contribution is 1.30. The molecule has 92 valence electrons. The summed E-state index contributed by atoms with van der Waals surface area (Å²) < 4.78 is 0. The molecule has 0 aliphatic rings. The van der Waals surface area contributed by atoms with Crippen LogP contribution in [0.5, 0.6) is 0 Å². The molecule has 0 aliphatic heterocycles. The van der Waals surface area contributed by atoms with Gasteiger partial charge in [0.25, 0.3) is 0 Å². The smallest absolute Gasteiger partial charge is 0.160 e. The standard InChI is InChI=1S/C16H8N4/c1-4-18-15-11-3-6-20-16-14(11)10(2-5-19-16)12-8-17-7-9(1)13(12)15/h1-8H. The van der Waals surface area contributed by atoms with Crippen molar-refractivity contribution in [2.75, 3.05) is 0 Å². The molecule has 0 atom stereocenters. The number of hydrogen-bond donors (Lipinski definition) is 0. The highest BCUT2D eigenvalue weighted by Gasteiger charge is 2.14. The van der Waals surface area contributed by atoms with Crippen LogP contribution in [0.15, 0.2) is 49.2 Å². The average molecular weight is 256 g/mol. The van der Waals surface area contributed by atoms with E-state index >= 15 is 0 Å². The summed E-state index contributed by atoms with van der Waals surface area (Å²) in [6.45, 7) is 0. The predicted octanol–water partition coefficient (Wildman–Crippen LogP) is 3.32. The molecule has 4 heteroatoms. The molecule has 0 amide bonds. The number of rotatable bonds is 0. The Morgan fingerprint density at radius 3 is 2.35 bits per heavy atom. The summed E-state index contributed by atoms with van der Waals surface area (Å²) in [5.41, 5.74) is 1.75. The second-order valence-electron chi connectivity index (χ2n) is 4.86. The van der Waals surface area contributed by atoms with Crippen molar-refractivity contribution in [3.05, 3.63) is 49.2 Å². The van der Waals surface area contributed by atoms with Crippen LogP contribution in [0.3, 0.4) is 0 Å². The van der Waals surface area contributed by atoms with Crippen LogP contribution >= 0.6 is 0 Å². The molecule has 0 aliphatic carbocycles. The van der Waals surface area contributed by atoms with Gasteiger partial charge in [-0.05, 0) is 23.6 Å². The van der Waals surface area contributed by atoms with Crippen LogP contribution in [0.4, 0.5) is 0 Å². The molecule has 0 saturated heterocycles. The molecule has 1 aromatic carbocycles. The van der Waals surface area contributed by atoms with Crippen molar-refractivity contribution >= 4 is 43.5 Å². The Labute approximate surface area is 113 Å². The van der Waals surface area contributed by atoms with E-state index in [0.717, 1.165) is 43.5 Å². The molecule has 0 fully saturated rings. The maximum Gasteiger partial charge on any atom is 0.160 e. The highest BCUT2D eigenvalue weighted by Crippen LogP contribution is 2.36. The maximum absolute atomic E-state index is 4.58. The number of aromatic nitrogens is 4. The molecule has 4 aromatic heterocycles. The largest absolute Gasteiger partial charge is 0.263 e. The second-order valence-corrected chi connectivity index (χ2v) is 4.86. The summed E-state index contributed by atoms with van der Waals surface area (Å²) in [4.78, 5) is 17.7. The van der Waals surface area contributed by atoms with Crippen molar-refractivity contribution in [3.8, 4) is 0 Å². The van der Waals surface area contributed by atoms with E-state index in [1.54, 1.807) is 12.4 Å². The summed E-state index contributed by atoms with van der Waals surface area (Å²) >= 11 is 0. The molecular weight excluding hydrogens is 248 g/mol. The molecule has 5 rings (SSSR count). The van der Waals surface area contributed by atoms with Crippen molar-refractivity contribution < 1.29 is 0 Å². The van der Waals surface area contributed by atoms with Gasteiger partial charge < -0.3 is 0 Å². The predicted molar refractivity (Wildman–Crippen MR) is 78.8 cm³/mol. The van der Waals surface area contributed by atoms with Gasteiger partial charge in [0.15, 0.2) is 5.65 Å². The molecule has 0 saturated carbocycles. The topological polar surface area (TPSA) is 51.6 Å². The summed E-state index contributed by atoms with van der Waals surface area (Å²) in [5, 5.41) is 6.68. The van der Waals surface area contributed by atoms with Crippen LogP contribution < -0.4 is 0 Å². The SMILES string of the molecule is c1cc2c3cncc4ccnc(c5ccnc(n1)c25)c43. The summed E-state index contributed by atoms with van der Waals surface area (Å²) in [6, 6.07) is 6.04. The number of hydrogen-bond acceptors (Lipinski definition) is 4. The van der Waals surface area contributed by atoms with Gasteiger partial charge in [-0.1, -0.05) is 0 Å². The number of pyridine rings is 4. The molecule has 0 unspecified atom stereocenters. The minimum absolute atomic E-state index is 0.758.